The first kappa shape index (κ1) is 18.5. The standard InChI is InChI=1S/C16H30N4O2/c1-12(2)20(15(21)22-16(4,5)6)9-8-17-10-14-11-19(7)18-13(14)3/h11-12,17H,8-10H2,1-7H3. The van der Waals surface area contributed by atoms with Crippen molar-refractivity contribution in [3.05, 3.63) is 17.5 Å². The van der Waals surface area contributed by atoms with E-state index in [0.717, 1.165) is 12.2 Å². The molecule has 0 fully saturated rings. The molecule has 6 nitrogen and oxygen atoms in total. The van der Waals surface area contributed by atoms with Gasteiger partial charge < -0.3 is 15.0 Å². The van der Waals surface area contributed by atoms with Crippen molar-refractivity contribution >= 4 is 6.09 Å². The molecule has 0 aliphatic carbocycles. The summed E-state index contributed by atoms with van der Waals surface area (Å²) in [6, 6.07) is 0.108. The van der Waals surface area contributed by atoms with Gasteiger partial charge in [-0.15, -0.1) is 0 Å². The van der Waals surface area contributed by atoms with E-state index in [1.165, 1.54) is 5.56 Å². The first-order valence-corrected chi connectivity index (χ1v) is 7.79. The highest BCUT2D eigenvalue weighted by molar-refractivity contribution is 5.68. The molecule has 0 saturated carbocycles. The zero-order valence-electron chi connectivity index (χ0n) is 14.9. The normalized spacial score (nSPS) is 11.8. The van der Waals surface area contributed by atoms with Gasteiger partial charge in [-0.2, -0.15) is 5.10 Å². The second kappa shape index (κ2) is 7.63. The molecule has 22 heavy (non-hydrogen) atoms. The van der Waals surface area contributed by atoms with E-state index in [9.17, 15) is 4.79 Å². The van der Waals surface area contributed by atoms with E-state index < -0.39 is 5.60 Å². The van der Waals surface area contributed by atoms with E-state index in [4.69, 9.17) is 4.74 Å². The Morgan fingerprint density at radius 3 is 2.55 bits per heavy atom. The zero-order valence-corrected chi connectivity index (χ0v) is 14.9. The number of carbonyl (C=O) groups is 1. The number of nitrogens with zero attached hydrogens (tertiary/aromatic N) is 3. The lowest BCUT2D eigenvalue weighted by molar-refractivity contribution is 0.0193. The van der Waals surface area contributed by atoms with E-state index in [0.29, 0.717) is 13.1 Å². The fraction of sp³-hybridized carbons (Fsp3) is 0.750. The number of aryl methyl sites for hydroxylation is 2. The third kappa shape index (κ3) is 6.05. The Hall–Kier alpha value is -1.56. The van der Waals surface area contributed by atoms with Crippen molar-refractivity contribution in [3.63, 3.8) is 0 Å². The van der Waals surface area contributed by atoms with Crippen molar-refractivity contribution < 1.29 is 9.53 Å². The highest BCUT2D eigenvalue weighted by Crippen LogP contribution is 2.11. The largest absolute Gasteiger partial charge is 0.444 e. The van der Waals surface area contributed by atoms with Crippen molar-refractivity contribution in [2.75, 3.05) is 13.1 Å². The van der Waals surface area contributed by atoms with Gasteiger partial charge in [0.2, 0.25) is 0 Å². The molecule has 1 heterocycles. The van der Waals surface area contributed by atoms with Crippen LogP contribution >= 0.6 is 0 Å². The summed E-state index contributed by atoms with van der Waals surface area (Å²) >= 11 is 0. The smallest absolute Gasteiger partial charge is 0.410 e. The number of carbonyl (C=O) groups excluding carboxylic acids is 1. The van der Waals surface area contributed by atoms with Crippen LogP contribution < -0.4 is 5.32 Å². The molecular formula is C16H30N4O2. The van der Waals surface area contributed by atoms with E-state index in [1.54, 1.807) is 4.90 Å². The Balaban J connectivity index is 2.45. The van der Waals surface area contributed by atoms with Crippen molar-refractivity contribution in [2.24, 2.45) is 7.05 Å². The number of aromatic nitrogens is 2. The molecule has 0 spiro atoms. The molecule has 0 unspecified atom stereocenters. The van der Waals surface area contributed by atoms with Crippen LogP contribution in [0.1, 0.15) is 45.9 Å². The second-order valence-corrected chi connectivity index (χ2v) is 6.86. The minimum absolute atomic E-state index is 0.108. The van der Waals surface area contributed by atoms with Crippen LogP contribution in [0.4, 0.5) is 4.79 Å². The maximum atomic E-state index is 12.2. The molecule has 1 aromatic rings. The maximum Gasteiger partial charge on any atom is 0.410 e. The lowest BCUT2D eigenvalue weighted by Gasteiger charge is -2.30. The summed E-state index contributed by atoms with van der Waals surface area (Å²) in [4.78, 5) is 13.9. The molecule has 0 radical (unpaired) electrons. The molecule has 1 amide bonds. The van der Waals surface area contributed by atoms with Crippen molar-refractivity contribution in [1.82, 2.24) is 20.0 Å². The minimum Gasteiger partial charge on any atom is -0.444 e. The van der Waals surface area contributed by atoms with Gasteiger partial charge in [0.1, 0.15) is 5.60 Å². The molecule has 1 aromatic heterocycles. The number of nitrogens with one attached hydrogen (secondary N) is 1. The lowest BCUT2D eigenvalue weighted by Crippen LogP contribution is -2.44. The predicted molar refractivity (Wildman–Crippen MR) is 87.7 cm³/mol. The van der Waals surface area contributed by atoms with Crippen LogP contribution in [-0.4, -0.2) is 45.5 Å². The Morgan fingerprint density at radius 1 is 1.45 bits per heavy atom. The summed E-state index contributed by atoms with van der Waals surface area (Å²) in [6.07, 6.45) is 1.75. The Morgan fingerprint density at radius 2 is 2.09 bits per heavy atom. The molecule has 126 valence electrons. The van der Waals surface area contributed by atoms with Gasteiger partial charge in [-0.3, -0.25) is 4.68 Å². The number of hydrogen-bond acceptors (Lipinski definition) is 4. The average Bonchev–Trinajstić information content (AvgIpc) is 2.64. The van der Waals surface area contributed by atoms with Gasteiger partial charge in [-0.25, -0.2) is 4.79 Å². The number of rotatable bonds is 6. The minimum atomic E-state index is -0.468. The van der Waals surface area contributed by atoms with Gasteiger partial charge >= 0.3 is 6.09 Å². The third-order valence-electron chi connectivity index (χ3n) is 3.21. The molecule has 0 bridgehead atoms. The molecule has 1 rings (SSSR count). The van der Waals surface area contributed by atoms with Crippen LogP contribution in [0.25, 0.3) is 0 Å². The van der Waals surface area contributed by atoms with Gasteiger partial charge in [-0.1, -0.05) is 0 Å². The fourth-order valence-corrected chi connectivity index (χ4v) is 2.13. The molecule has 0 aliphatic heterocycles. The maximum absolute atomic E-state index is 12.2. The Labute approximate surface area is 133 Å². The highest BCUT2D eigenvalue weighted by atomic mass is 16.6. The number of ether oxygens (including phenoxy) is 1. The molecule has 1 N–H and O–H groups in total. The van der Waals surface area contributed by atoms with E-state index in [2.05, 4.69) is 10.4 Å². The van der Waals surface area contributed by atoms with Crippen LogP contribution in [0.15, 0.2) is 6.20 Å². The molecule has 0 aliphatic rings. The summed E-state index contributed by atoms with van der Waals surface area (Å²) in [5.74, 6) is 0. The van der Waals surface area contributed by atoms with Crippen LogP contribution in [0.3, 0.4) is 0 Å². The molecule has 0 aromatic carbocycles. The summed E-state index contributed by atoms with van der Waals surface area (Å²) in [7, 11) is 1.92. The van der Waals surface area contributed by atoms with Gasteiger partial charge in [0.25, 0.3) is 0 Å². The SMILES string of the molecule is Cc1nn(C)cc1CNCCN(C(=O)OC(C)(C)C)C(C)C. The second-order valence-electron chi connectivity index (χ2n) is 6.86. The summed E-state index contributed by atoms with van der Waals surface area (Å²) < 4.78 is 7.26. The topological polar surface area (TPSA) is 59.4 Å². The van der Waals surface area contributed by atoms with Gasteiger partial charge in [0.05, 0.1) is 5.69 Å². The molecular weight excluding hydrogens is 280 g/mol. The predicted octanol–water partition coefficient (Wildman–Crippen LogP) is 2.46. The summed E-state index contributed by atoms with van der Waals surface area (Å²) in [5, 5.41) is 7.67. The van der Waals surface area contributed by atoms with E-state index in [1.807, 2.05) is 59.5 Å². The molecule has 6 heteroatoms. The number of amides is 1. The van der Waals surface area contributed by atoms with Crippen LogP contribution in [0.2, 0.25) is 0 Å². The van der Waals surface area contributed by atoms with Crippen molar-refractivity contribution in [1.29, 1.82) is 0 Å². The van der Waals surface area contributed by atoms with Crippen molar-refractivity contribution in [3.8, 4) is 0 Å². The first-order valence-electron chi connectivity index (χ1n) is 7.79. The molecule has 0 saturated heterocycles. The first-order chi connectivity index (χ1) is 10.1. The average molecular weight is 310 g/mol. The van der Waals surface area contributed by atoms with Crippen molar-refractivity contribution in [2.45, 2.75) is 59.7 Å². The third-order valence-corrected chi connectivity index (χ3v) is 3.21. The zero-order chi connectivity index (χ0) is 16.9. The summed E-state index contributed by atoms with van der Waals surface area (Å²) in [6.45, 7) is 13.7. The molecule has 0 atom stereocenters. The van der Waals surface area contributed by atoms with Crippen LogP contribution in [-0.2, 0) is 18.3 Å². The van der Waals surface area contributed by atoms with Gasteiger partial charge in [0.15, 0.2) is 0 Å². The summed E-state index contributed by atoms with van der Waals surface area (Å²) in [5.41, 5.74) is 1.74. The van der Waals surface area contributed by atoms with E-state index >= 15 is 0 Å². The van der Waals surface area contributed by atoms with Gasteiger partial charge in [-0.05, 0) is 41.5 Å². The Kier molecular flexibility index (Phi) is 6.41. The quantitative estimate of drug-likeness (QED) is 0.820. The lowest BCUT2D eigenvalue weighted by atomic mass is 10.2. The van der Waals surface area contributed by atoms with Crippen LogP contribution in [0.5, 0.6) is 0 Å². The highest BCUT2D eigenvalue weighted by Gasteiger charge is 2.23. The fourth-order valence-electron chi connectivity index (χ4n) is 2.13. The Bertz CT molecular complexity index is 489. The van der Waals surface area contributed by atoms with Crippen LogP contribution in [0, 0.1) is 6.92 Å². The number of hydrogen-bond donors (Lipinski definition) is 1. The van der Waals surface area contributed by atoms with E-state index in [-0.39, 0.29) is 12.1 Å². The van der Waals surface area contributed by atoms with Gasteiger partial charge in [0, 0.05) is 44.5 Å². The monoisotopic (exact) mass is 310 g/mol.